The first-order valence-electron chi connectivity index (χ1n) is 6.14. The van der Waals surface area contributed by atoms with Gasteiger partial charge in [0.2, 0.25) is 0 Å². The van der Waals surface area contributed by atoms with Crippen molar-refractivity contribution in [2.24, 2.45) is 0 Å². The summed E-state index contributed by atoms with van der Waals surface area (Å²) in [6.45, 7) is 0. The molecule has 20 heavy (non-hydrogen) atoms. The summed E-state index contributed by atoms with van der Waals surface area (Å²) in [4.78, 5) is 25.0. The minimum atomic E-state index is -1.16. The van der Waals surface area contributed by atoms with Gasteiger partial charge in [-0.05, 0) is 24.3 Å². The zero-order valence-electron chi connectivity index (χ0n) is 10.9. The maximum atomic E-state index is 12.2. The van der Waals surface area contributed by atoms with Crippen molar-refractivity contribution < 1.29 is 14.7 Å². The Bertz CT molecular complexity index is 532. The topological polar surface area (TPSA) is 69.6 Å². The van der Waals surface area contributed by atoms with Crippen LogP contribution in [0, 0.1) is 0 Å². The molecule has 0 spiro atoms. The van der Waals surface area contributed by atoms with Crippen LogP contribution >= 0.6 is 23.4 Å². The summed E-state index contributed by atoms with van der Waals surface area (Å²) in [6.07, 6.45) is 0.954. The number of halogens is 1. The van der Waals surface area contributed by atoms with Crippen LogP contribution in [0.3, 0.4) is 0 Å². The molecule has 7 heteroatoms. The van der Waals surface area contributed by atoms with E-state index in [1.54, 1.807) is 18.0 Å². The summed E-state index contributed by atoms with van der Waals surface area (Å²) >= 11 is 7.67. The average molecular weight is 315 g/mol. The molecule has 1 aliphatic rings. The molecule has 2 amide bonds. The molecule has 1 fully saturated rings. The zero-order valence-corrected chi connectivity index (χ0v) is 12.5. The third-order valence-electron chi connectivity index (χ3n) is 3.24. The number of carbonyl (C=O) groups excluding carboxylic acids is 1. The number of hydrogen-bond acceptors (Lipinski definition) is 3. The minimum absolute atomic E-state index is 0.0864. The predicted molar refractivity (Wildman–Crippen MR) is 80.9 cm³/mol. The van der Waals surface area contributed by atoms with E-state index < -0.39 is 5.97 Å². The van der Waals surface area contributed by atoms with Gasteiger partial charge in [-0.1, -0.05) is 17.7 Å². The first-order chi connectivity index (χ1) is 9.50. The highest BCUT2D eigenvalue weighted by molar-refractivity contribution is 7.99. The van der Waals surface area contributed by atoms with Crippen LogP contribution in [0.1, 0.15) is 16.8 Å². The standard InChI is InChI=1S/C13H15ClN2O3S/c1-16(8-5-6-20-7-8)13(19)15-10-4-2-3-9(14)11(10)12(17)18/h2-4,8H,5-7H2,1H3,(H,15,19)(H,17,18). The molecule has 0 saturated carbocycles. The van der Waals surface area contributed by atoms with Crippen molar-refractivity contribution in [2.75, 3.05) is 23.9 Å². The first-order valence-corrected chi connectivity index (χ1v) is 7.67. The minimum Gasteiger partial charge on any atom is -0.478 e. The van der Waals surface area contributed by atoms with Crippen molar-refractivity contribution >= 4 is 41.1 Å². The molecule has 2 rings (SSSR count). The van der Waals surface area contributed by atoms with Gasteiger partial charge in [0, 0.05) is 18.8 Å². The SMILES string of the molecule is CN(C(=O)Nc1cccc(Cl)c1C(=O)O)C1CCSC1. The van der Waals surface area contributed by atoms with E-state index in [0.717, 1.165) is 17.9 Å². The van der Waals surface area contributed by atoms with Crippen LogP contribution in [-0.2, 0) is 0 Å². The highest BCUT2D eigenvalue weighted by atomic mass is 35.5. The summed E-state index contributed by atoms with van der Waals surface area (Å²) in [5.41, 5.74) is 0.129. The Hall–Kier alpha value is -1.40. The van der Waals surface area contributed by atoms with Crippen LogP contribution in [0.4, 0.5) is 10.5 Å². The molecule has 1 saturated heterocycles. The summed E-state index contributed by atoms with van der Waals surface area (Å²) in [6, 6.07) is 4.49. The van der Waals surface area contributed by atoms with Gasteiger partial charge in [0.15, 0.2) is 0 Å². The fraction of sp³-hybridized carbons (Fsp3) is 0.385. The predicted octanol–water partition coefficient (Wildman–Crippen LogP) is 3.01. The number of carboxylic acids is 1. The zero-order chi connectivity index (χ0) is 14.7. The number of benzene rings is 1. The van der Waals surface area contributed by atoms with Gasteiger partial charge in [0.05, 0.1) is 10.7 Å². The average Bonchev–Trinajstić information content (AvgIpc) is 2.91. The van der Waals surface area contributed by atoms with E-state index in [0.29, 0.717) is 0 Å². The fourth-order valence-electron chi connectivity index (χ4n) is 2.04. The van der Waals surface area contributed by atoms with Gasteiger partial charge in [0.1, 0.15) is 5.56 Å². The van der Waals surface area contributed by atoms with Crippen molar-refractivity contribution in [1.82, 2.24) is 4.90 Å². The van der Waals surface area contributed by atoms with Crippen molar-refractivity contribution in [3.05, 3.63) is 28.8 Å². The van der Waals surface area contributed by atoms with E-state index in [9.17, 15) is 9.59 Å². The summed E-state index contributed by atoms with van der Waals surface area (Å²) in [5.74, 6) is 0.787. The van der Waals surface area contributed by atoms with E-state index in [-0.39, 0.29) is 28.3 Å². The fourth-order valence-corrected chi connectivity index (χ4v) is 3.57. The third-order valence-corrected chi connectivity index (χ3v) is 4.70. The van der Waals surface area contributed by atoms with Crippen molar-refractivity contribution in [3.63, 3.8) is 0 Å². The van der Waals surface area contributed by atoms with Crippen LogP contribution in [0.2, 0.25) is 5.02 Å². The maximum Gasteiger partial charge on any atom is 0.339 e. The number of anilines is 1. The molecule has 108 valence electrons. The lowest BCUT2D eigenvalue weighted by Gasteiger charge is -2.24. The molecular formula is C13H15ClN2O3S. The van der Waals surface area contributed by atoms with Gasteiger partial charge in [-0.15, -0.1) is 0 Å². The molecule has 0 aromatic heterocycles. The van der Waals surface area contributed by atoms with Crippen LogP contribution in [0.15, 0.2) is 18.2 Å². The summed E-state index contributed by atoms with van der Waals surface area (Å²) in [7, 11) is 1.72. The lowest BCUT2D eigenvalue weighted by Crippen LogP contribution is -2.40. The van der Waals surface area contributed by atoms with Crippen LogP contribution in [0.5, 0.6) is 0 Å². The van der Waals surface area contributed by atoms with Crippen molar-refractivity contribution in [1.29, 1.82) is 0 Å². The quantitative estimate of drug-likeness (QED) is 0.900. The van der Waals surface area contributed by atoms with E-state index in [2.05, 4.69) is 5.32 Å². The Labute approximate surface area is 126 Å². The molecule has 1 heterocycles. The third kappa shape index (κ3) is 3.19. The van der Waals surface area contributed by atoms with Gasteiger partial charge >= 0.3 is 12.0 Å². The van der Waals surface area contributed by atoms with Gasteiger partial charge in [-0.3, -0.25) is 0 Å². The highest BCUT2D eigenvalue weighted by Crippen LogP contribution is 2.26. The van der Waals surface area contributed by atoms with Gasteiger partial charge in [-0.25, -0.2) is 9.59 Å². The number of thioether (sulfide) groups is 1. The number of nitrogens with zero attached hydrogens (tertiary/aromatic N) is 1. The molecule has 0 aliphatic carbocycles. The summed E-state index contributed by atoms with van der Waals surface area (Å²) < 4.78 is 0. The normalized spacial score (nSPS) is 17.8. The number of aromatic carboxylic acids is 1. The molecule has 1 aromatic rings. The molecule has 1 atom stereocenters. The largest absolute Gasteiger partial charge is 0.478 e. The molecule has 1 aromatic carbocycles. The van der Waals surface area contributed by atoms with Crippen LogP contribution in [-0.4, -0.2) is 46.6 Å². The second-order valence-corrected chi connectivity index (χ2v) is 6.08. The molecule has 2 N–H and O–H groups in total. The molecule has 1 unspecified atom stereocenters. The van der Waals surface area contributed by atoms with Gasteiger partial charge < -0.3 is 15.3 Å². The highest BCUT2D eigenvalue weighted by Gasteiger charge is 2.25. The number of nitrogens with one attached hydrogen (secondary N) is 1. The Morgan fingerprint density at radius 2 is 2.25 bits per heavy atom. The second kappa shape index (κ2) is 6.37. The lowest BCUT2D eigenvalue weighted by atomic mass is 10.2. The Balaban J connectivity index is 2.15. The lowest BCUT2D eigenvalue weighted by molar-refractivity contribution is 0.0698. The van der Waals surface area contributed by atoms with Crippen LogP contribution in [0.25, 0.3) is 0 Å². The summed E-state index contributed by atoms with van der Waals surface area (Å²) in [5, 5.41) is 11.9. The molecule has 5 nitrogen and oxygen atoms in total. The van der Waals surface area contributed by atoms with Gasteiger partial charge in [0.25, 0.3) is 0 Å². The molecule has 0 radical (unpaired) electrons. The number of carboxylic acid groups (broad SMARTS) is 1. The molecule has 1 aliphatic heterocycles. The number of hydrogen-bond donors (Lipinski definition) is 2. The Morgan fingerprint density at radius 1 is 1.50 bits per heavy atom. The second-order valence-electron chi connectivity index (χ2n) is 4.53. The van der Waals surface area contributed by atoms with Crippen molar-refractivity contribution in [2.45, 2.75) is 12.5 Å². The molecular weight excluding hydrogens is 300 g/mol. The number of carbonyl (C=O) groups is 2. The van der Waals surface area contributed by atoms with E-state index in [4.69, 9.17) is 16.7 Å². The van der Waals surface area contributed by atoms with Gasteiger partial charge in [-0.2, -0.15) is 11.8 Å². The van der Waals surface area contributed by atoms with Crippen molar-refractivity contribution in [3.8, 4) is 0 Å². The van der Waals surface area contributed by atoms with Crippen LogP contribution < -0.4 is 5.32 Å². The monoisotopic (exact) mass is 314 g/mol. The first kappa shape index (κ1) is 15.0. The number of urea groups is 1. The Morgan fingerprint density at radius 3 is 2.85 bits per heavy atom. The van der Waals surface area contributed by atoms with E-state index >= 15 is 0 Å². The van der Waals surface area contributed by atoms with E-state index in [1.807, 2.05) is 11.8 Å². The molecule has 0 bridgehead atoms. The number of rotatable bonds is 3. The Kier molecular flexibility index (Phi) is 4.77. The maximum absolute atomic E-state index is 12.2. The smallest absolute Gasteiger partial charge is 0.339 e. The number of amides is 2. The van der Waals surface area contributed by atoms with E-state index in [1.165, 1.54) is 12.1 Å².